The monoisotopic (exact) mass is 222 g/mol. The molecule has 0 heterocycles. The highest BCUT2D eigenvalue weighted by molar-refractivity contribution is 5.17. The lowest BCUT2D eigenvalue weighted by Crippen LogP contribution is -2.23. The van der Waals surface area contributed by atoms with Crippen molar-refractivity contribution < 1.29 is 5.11 Å². The molecule has 0 spiro atoms. The normalized spacial score (nSPS) is 42.7. The van der Waals surface area contributed by atoms with Crippen LogP contribution in [0.25, 0.3) is 0 Å². The molecule has 0 aliphatic heterocycles. The van der Waals surface area contributed by atoms with Crippen LogP contribution in [-0.4, -0.2) is 10.7 Å². The van der Waals surface area contributed by atoms with Crippen LogP contribution in [0, 0.1) is 17.3 Å². The molecule has 0 radical (unpaired) electrons. The summed E-state index contributed by atoms with van der Waals surface area (Å²) in [6.45, 7) is 8.77. The Morgan fingerprint density at radius 3 is 2.56 bits per heavy atom. The standard InChI is InChI=1S/C15H26O/c1-11(2)6-5-7-12(3)15-9-8-14(4,16)13(15)10-15/h6,12-13,16H,5,7-10H2,1-4H3/t12-,13-,14-,15-/m1/s1. The summed E-state index contributed by atoms with van der Waals surface area (Å²) in [6.07, 6.45) is 8.39. The highest BCUT2D eigenvalue weighted by atomic mass is 16.3. The number of aliphatic hydroxyl groups is 1. The minimum atomic E-state index is -0.356. The van der Waals surface area contributed by atoms with Gasteiger partial charge in [-0.1, -0.05) is 18.6 Å². The molecule has 2 aliphatic carbocycles. The topological polar surface area (TPSA) is 20.2 Å². The van der Waals surface area contributed by atoms with E-state index in [-0.39, 0.29) is 5.60 Å². The van der Waals surface area contributed by atoms with E-state index in [0.717, 1.165) is 12.3 Å². The lowest BCUT2D eigenvalue weighted by atomic mass is 9.84. The van der Waals surface area contributed by atoms with Gasteiger partial charge in [-0.25, -0.2) is 0 Å². The predicted octanol–water partition coefficient (Wildman–Crippen LogP) is 3.92. The van der Waals surface area contributed by atoms with Gasteiger partial charge in [-0.15, -0.1) is 0 Å². The van der Waals surface area contributed by atoms with Crippen molar-refractivity contribution >= 4 is 0 Å². The van der Waals surface area contributed by atoms with Gasteiger partial charge in [0.25, 0.3) is 0 Å². The van der Waals surface area contributed by atoms with Crippen molar-refractivity contribution in [2.24, 2.45) is 17.3 Å². The molecule has 1 heteroatoms. The zero-order chi connectivity index (χ0) is 12.0. The van der Waals surface area contributed by atoms with E-state index in [9.17, 15) is 5.11 Å². The molecule has 1 N–H and O–H groups in total. The third kappa shape index (κ3) is 1.95. The van der Waals surface area contributed by atoms with Gasteiger partial charge in [0.05, 0.1) is 5.60 Å². The van der Waals surface area contributed by atoms with Crippen molar-refractivity contribution in [1.82, 2.24) is 0 Å². The minimum absolute atomic E-state index is 0.356. The van der Waals surface area contributed by atoms with Crippen molar-refractivity contribution in [3.63, 3.8) is 0 Å². The summed E-state index contributed by atoms with van der Waals surface area (Å²) in [7, 11) is 0. The fraction of sp³-hybridized carbons (Fsp3) is 0.867. The molecule has 2 fully saturated rings. The lowest BCUT2D eigenvalue weighted by molar-refractivity contribution is 0.0423. The fourth-order valence-electron chi connectivity index (χ4n) is 3.80. The molecule has 0 aromatic heterocycles. The zero-order valence-corrected chi connectivity index (χ0v) is 11.2. The third-order valence-electron chi connectivity index (χ3n) is 5.10. The summed E-state index contributed by atoms with van der Waals surface area (Å²) < 4.78 is 0. The predicted molar refractivity (Wildman–Crippen MR) is 68.2 cm³/mol. The molecule has 0 aromatic rings. The van der Waals surface area contributed by atoms with Crippen LogP contribution >= 0.6 is 0 Å². The van der Waals surface area contributed by atoms with E-state index in [4.69, 9.17) is 0 Å². The molecule has 16 heavy (non-hydrogen) atoms. The molecule has 92 valence electrons. The molecular formula is C15H26O. The molecular weight excluding hydrogens is 196 g/mol. The van der Waals surface area contributed by atoms with E-state index in [0.29, 0.717) is 11.3 Å². The SMILES string of the molecule is CC(C)=CCC[C@@H](C)[C@]12CC[C@@](C)(O)[C@H]1C2. The zero-order valence-electron chi connectivity index (χ0n) is 11.2. The maximum Gasteiger partial charge on any atom is 0.0653 e. The second-order valence-electron chi connectivity index (χ2n) is 6.61. The van der Waals surface area contributed by atoms with E-state index in [1.54, 1.807) is 0 Å². The van der Waals surface area contributed by atoms with Gasteiger partial charge >= 0.3 is 0 Å². The molecule has 4 atom stereocenters. The average Bonchev–Trinajstić information content (AvgIpc) is 2.85. The Morgan fingerprint density at radius 2 is 2.12 bits per heavy atom. The number of rotatable bonds is 4. The second kappa shape index (κ2) is 3.87. The molecule has 0 saturated heterocycles. The van der Waals surface area contributed by atoms with Gasteiger partial charge in [0.1, 0.15) is 0 Å². The molecule has 0 bridgehead atoms. The molecule has 2 rings (SSSR count). The fourth-order valence-corrected chi connectivity index (χ4v) is 3.80. The van der Waals surface area contributed by atoms with Crippen LogP contribution in [-0.2, 0) is 0 Å². The maximum absolute atomic E-state index is 10.2. The van der Waals surface area contributed by atoms with E-state index in [1.807, 2.05) is 6.92 Å². The van der Waals surface area contributed by atoms with E-state index in [2.05, 4.69) is 26.8 Å². The molecule has 0 amide bonds. The number of fused-ring (bicyclic) bond motifs is 1. The first kappa shape index (κ1) is 12.2. The van der Waals surface area contributed by atoms with Crippen molar-refractivity contribution in [2.75, 3.05) is 0 Å². The first-order valence-electron chi connectivity index (χ1n) is 6.74. The summed E-state index contributed by atoms with van der Waals surface area (Å²) >= 11 is 0. The Bertz CT molecular complexity index is 299. The van der Waals surface area contributed by atoms with E-state index >= 15 is 0 Å². The van der Waals surface area contributed by atoms with Gasteiger partial charge in [-0.05, 0) is 70.1 Å². The highest BCUT2D eigenvalue weighted by Crippen LogP contribution is 2.71. The Kier molecular flexibility index (Phi) is 2.94. The van der Waals surface area contributed by atoms with E-state index < -0.39 is 0 Å². The largest absolute Gasteiger partial charge is 0.390 e. The van der Waals surface area contributed by atoms with Crippen LogP contribution in [0.3, 0.4) is 0 Å². The summed E-state index contributed by atoms with van der Waals surface area (Å²) in [5, 5.41) is 10.2. The molecule has 0 aromatic carbocycles. The van der Waals surface area contributed by atoms with E-state index in [1.165, 1.54) is 31.3 Å². The van der Waals surface area contributed by atoms with Gasteiger partial charge < -0.3 is 5.11 Å². The Balaban J connectivity index is 1.88. The van der Waals surface area contributed by atoms with Gasteiger partial charge in [-0.3, -0.25) is 0 Å². The first-order chi connectivity index (χ1) is 7.38. The van der Waals surface area contributed by atoms with Crippen LogP contribution in [0.1, 0.15) is 59.8 Å². The molecule has 2 saturated carbocycles. The Morgan fingerprint density at radius 1 is 1.44 bits per heavy atom. The maximum atomic E-state index is 10.2. The highest BCUT2D eigenvalue weighted by Gasteiger charge is 2.67. The average molecular weight is 222 g/mol. The summed E-state index contributed by atoms with van der Waals surface area (Å²) in [5.74, 6) is 1.38. The van der Waals surface area contributed by atoms with Gasteiger partial charge in [-0.2, -0.15) is 0 Å². The van der Waals surface area contributed by atoms with Crippen LogP contribution in [0.15, 0.2) is 11.6 Å². The van der Waals surface area contributed by atoms with Crippen LogP contribution in [0.2, 0.25) is 0 Å². The summed E-state index contributed by atoms with van der Waals surface area (Å²) in [6, 6.07) is 0. The second-order valence-corrected chi connectivity index (χ2v) is 6.61. The Labute approximate surface area is 99.9 Å². The smallest absolute Gasteiger partial charge is 0.0653 e. The van der Waals surface area contributed by atoms with Crippen molar-refractivity contribution in [1.29, 1.82) is 0 Å². The minimum Gasteiger partial charge on any atom is -0.390 e. The number of allylic oxidation sites excluding steroid dienone is 2. The molecule has 0 unspecified atom stereocenters. The van der Waals surface area contributed by atoms with Crippen LogP contribution in [0.5, 0.6) is 0 Å². The Hall–Kier alpha value is -0.300. The van der Waals surface area contributed by atoms with Crippen molar-refractivity contribution in [2.45, 2.75) is 65.4 Å². The summed E-state index contributed by atoms with van der Waals surface area (Å²) in [4.78, 5) is 0. The number of hydrogen-bond donors (Lipinski definition) is 1. The van der Waals surface area contributed by atoms with Gasteiger partial charge in [0.2, 0.25) is 0 Å². The third-order valence-corrected chi connectivity index (χ3v) is 5.10. The van der Waals surface area contributed by atoms with Crippen molar-refractivity contribution in [3.05, 3.63) is 11.6 Å². The quantitative estimate of drug-likeness (QED) is 0.715. The van der Waals surface area contributed by atoms with Crippen LogP contribution in [0.4, 0.5) is 0 Å². The lowest BCUT2D eigenvalue weighted by Gasteiger charge is -2.21. The number of hydrogen-bond acceptors (Lipinski definition) is 1. The first-order valence-corrected chi connectivity index (χ1v) is 6.74. The molecule has 2 aliphatic rings. The van der Waals surface area contributed by atoms with Crippen LogP contribution < -0.4 is 0 Å². The van der Waals surface area contributed by atoms with Gasteiger partial charge in [0.15, 0.2) is 0 Å². The summed E-state index contributed by atoms with van der Waals surface area (Å²) in [5.41, 5.74) is 1.58. The van der Waals surface area contributed by atoms with Gasteiger partial charge in [0, 0.05) is 0 Å². The molecule has 1 nitrogen and oxygen atoms in total. The van der Waals surface area contributed by atoms with Crippen molar-refractivity contribution in [3.8, 4) is 0 Å².